The van der Waals surface area contributed by atoms with Crippen molar-refractivity contribution in [2.24, 2.45) is 0 Å². The SMILES string of the molecule is Nc1ccc(Oc2ccc(C3(c4ccc(Oc5ccc(N)cc5)cc4)OC(=O)c4ccccc43)cc2)cc1. The number of carbonyl (C=O) groups excluding carboxylic acids is 1. The van der Waals surface area contributed by atoms with Gasteiger partial charge in [-0.3, -0.25) is 0 Å². The summed E-state index contributed by atoms with van der Waals surface area (Å²) >= 11 is 0. The van der Waals surface area contributed by atoms with Gasteiger partial charge in [0.15, 0.2) is 5.60 Å². The van der Waals surface area contributed by atoms with E-state index in [-0.39, 0.29) is 5.97 Å². The number of rotatable bonds is 6. The second kappa shape index (κ2) is 9.33. The molecule has 0 amide bonds. The molecular formula is C32H24N2O4. The van der Waals surface area contributed by atoms with E-state index in [0.717, 1.165) is 16.7 Å². The lowest BCUT2D eigenvalue weighted by atomic mass is 9.80. The molecule has 1 heterocycles. The van der Waals surface area contributed by atoms with E-state index in [4.69, 9.17) is 25.7 Å². The molecular weight excluding hydrogens is 476 g/mol. The molecule has 186 valence electrons. The number of fused-ring (bicyclic) bond motifs is 1. The number of nitrogens with two attached hydrogens (primary N) is 2. The van der Waals surface area contributed by atoms with Crippen LogP contribution in [-0.2, 0) is 10.3 Å². The van der Waals surface area contributed by atoms with E-state index in [1.54, 1.807) is 30.3 Å². The van der Waals surface area contributed by atoms with E-state index in [2.05, 4.69) is 0 Å². The van der Waals surface area contributed by atoms with Gasteiger partial charge in [0, 0.05) is 28.1 Å². The Morgan fingerprint density at radius 2 is 0.921 bits per heavy atom. The first-order valence-corrected chi connectivity index (χ1v) is 12.1. The molecule has 6 rings (SSSR count). The van der Waals surface area contributed by atoms with Gasteiger partial charge in [-0.2, -0.15) is 0 Å². The fourth-order valence-electron chi connectivity index (χ4n) is 4.67. The number of cyclic esters (lactones) is 1. The van der Waals surface area contributed by atoms with Crippen LogP contribution in [0.4, 0.5) is 11.4 Å². The van der Waals surface area contributed by atoms with E-state index in [9.17, 15) is 4.79 Å². The number of hydrogen-bond donors (Lipinski definition) is 2. The Hall–Kier alpha value is -5.23. The van der Waals surface area contributed by atoms with E-state index in [0.29, 0.717) is 39.9 Å². The lowest BCUT2D eigenvalue weighted by Gasteiger charge is -2.30. The van der Waals surface area contributed by atoms with Crippen LogP contribution in [0.15, 0.2) is 121 Å². The summed E-state index contributed by atoms with van der Waals surface area (Å²) in [5.41, 5.74) is 14.7. The second-order valence-electron chi connectivity index (χ2n) is 9.01. The Kier molecular flexibility index (Phi) is 5.69. The minimum absolute atomic E-state index is 0.370. The molecule has 0 aliphatic carbocycles. The monoisotopic (exact) mass is 500 g/mol. The van der Waals surface area contributed by atoms with Crippen molar-refractivity contribution in [2.45, 2.75) is 5.60 Å². The number of esters is 1. The quantitative estimate of drug-likeness (QED) is 0.194. The standard InChI is InChI=1S/C32H24N2O4/c33-23-9-17-27(18-10-23)36-25-13-5-21(6-14-25)32(30-4-2-1-3-29(30)31(35)38-32)22-7-15-26(16-8-22)37-28-19-11-24(34)12-20-28/h1-20H,33-34H2. The Morgan fingerprint density at radius 3 is 1.37 bits per heavy atom. The summed E-state index contributed by atoms with van der Waals surface area (Å²) in [5, 5.41) is 0. The number of hydrogen-bond acceptors (Lipinski definition) is 6. The Labute approximate surface area is 220 Å². The third kappa shape index (κ3) is 4.18. The highest BCUT2D eigenvalue weighted by molar-refractivity contribution is 5.96. The maximum absolute atomic E-state index is 13.0. The topological polar surface area (TPSA) is 96.8 Å². The molecule has 0 saturated heterocycles. The van der Waals surface area contributed by atoms with Crippen molar-refractivity contribution in [3.63, 3.8) is 0 Å². The number of ether oxygens (including phenoxy) is 3. The Morgan fingerprint density at radius 1 is 0.526 bits per heavy atom. The van der Waals surface area contributed by atoms with Crippen molar-refractivity contribution in [3.05, 3.63) is 144 Å². The van der Waals surface area contributed by atoms with Crippen molar-refractivity contribution in [1.82, 2.24) is 0 Å². The van der Waals surface area contributed by atoms with Gasteiger partial charge < -0.3 is 25.7 Å². The third-order valence-electron chi connectivity index (χ3n) is 6.53. The lowest BCUT2D eigenvalue weighted by molar-refractivity contribution is 0.0251. The van der Waals surface area contributed by atoms with Crippen molar-refractivity contribution in [3.8, 4) is 23.0 Å². The first kappa shape index (κ1) is 23.2. The highest BCUT2D eigenvalue weighted by Crippen LogP contribution is 2.47. The molecule has 0 unspecified atom stereocenters. The van der Waals surface area contributed by atoms with Gasteiger partial charge in [-0.1, -0.05) is 42.5 Å². The normalized spacial score (nSPS) is 13.4. The molecule has 1 aliphatic rings. The zero-order chi connectivity index (χ0) is 26.1. The first-order chi connectivity index (χ1) is 18.5. The van der Waals surface area contributed by atoms with Gasteiger partial charge in [0.2, 0.25) is 0 Å². The summed E-state index contributed by atoms with van der Waals surface area (Å²) in [5.74, 6) is 2.29. The molecule has 5 aromatic rings. The molecule has 5 aromatic carbocycles. The van der Waals surface area contributed by atoms with Gasteiger partial charge >= 0.3 is 5.97 Å². The molecule has 6 nitrogen and oxygen atoms in total. The second-order valence-corrected chi connectivity index (χ2v) is 9.01. The minimum Gasteiger partial charge on any atom is -0.457 e. The predicted molar refractivity (Wildman–Crippen MR) is 146 cm³/mol. The fourth-order valence-corrected chi connectivity index (χ4v) is 4.67. The smallest absolute Gasteiger partial charge is 0.340 e. The summed E-state index contributed by atoms with van der Waals surface area (Å²) in [6.07, 6.45) is 0. The van der Waals surface area contributed by atoms with Crippen LogP contribution in [0.3, 0.4) is 0 Å². The van der Waals surface area contributed by atoms with Crippen LogP contribution in [0, 0.1) is 0 Å². The van der Waals surface area contributed by atoms with Crippen molar-refractivity contribution in [1.29, 1.82) is 0 Å². The summed E-state index contributed by atoms with van der Waals surface area (Å²) in [7, 11) is 0. The van der Waals surface area contributed by atoms with Crippen molar-refractivity contribution in [2.75, 3.05) is 11.5 Å². The molecule has 0 bridgehead atoms. The van der Waals surface area contributed by atoms with E-state index < -0.39 is 5.60 Å². The molecule has 0 spiro atoms. The molecule has 0 aromatic heterocycles. The summed E-state index contributed by atoms with van der Waals surface area (Å²) in [4.78, 5) is 13.0. The largest absolute Gasteiger partial charge is 0.457 e. The zero-order valence-corrected chi connectivity index (χ0v) is 20.3. The maximum atomic E-state index is 13.0. The molecule has 0 atom stereocenters. The van der Waals surface area contributed by atoms with Crippen LogP contribution in [0.1, 0.15) is 27.0 Å². The summed E-state index contributed by atoms with van der Waals surface area (Å²) < 4.78 is 18.1. The number of benzene rings is 5. The number of carbonyl (C=O) groups is 1. The molecule has 6 heteroatoms. The van der Waals surface area contributed by atoms with Crippen LogP contribution in [-0.4, -0.2) is 5.97 Å². The summed E-state index contributed by atoms with van der Waals surface area (Å²) in [6, 6.07) is 37.0. The number of nitrogen functional groups attached to an aromatic ring is 2. The van der Waals surface area contributed by atoms with Crippen LogP contribution in [0.5, 0.6) is 23.0 Å². The van der Waals surface area contributed by atoms with Gasteiger partial charge in [-0.25, -0.2) is 4.79 Å². The van der Waals surface area contributed by atoms with E-state index in [1.165, 1.54) is 0 Å². The summed E-state index contributed by atoms with van der Waals surface area (Å²) in [6.45, 7) is 0. The van der Waals surface area contributed by atoms with Crippen LogP contribution in [0.2, 0.25) is 0 Å². The molecule has 0 radical (unpaired) electrons. The van der Waals surface area contributed by atoms with E-state index in [1.807, 2.05) is 91.0 Å². The van der Waals surface area contributed by atoms with Gasteiger partial charge in [-0.05, 0) is 78.9 Å². The van der Waals surface area contributed by atoms with Crippen molar-refractivity contribution >= 4 is 17.3 Å². The zero-order valence-electron chi connectivity index (χ0n) is 20.3. The van der Waals surface area contributed by atoms with Gasteiger partial charge in [0.05, 0.1) is 5.56 Å². The minimum atomic E-state index is -1.12. The molecule has 38 heavy (non-hydrogen) atoms. The Balaban J connectivity index is 1.37. The average molecular weight is 501 g/mol. The molecule has 4 N–H and O–H groups in total. The fraction of sp³-hybridized carbons (Fsp3) is 0.0312. The van der Waals surface area contributed by atoms with Gasteiger partial charge in [0.1, 0.15) is 23.0 Å². The number of anilines is 2. The maximum Gasteiger partial charge on any atom is 0.340 e. The van der Waals surface area contributed by atoms with Crippen LogP contribution < -0.4 is 20.9 Å². The van der Waals surface area contributed by atoms with Crippen molar-refractivity contribution < 1.29 is 19.0 Å². The Bertz CT molecular complexity index is 1500. The molecule has 1 aliphatic heterocycles. The molecule has 0 fully saturated rings. The predicted octanol–water partition coefficient (Wildman–Crippen LogP) is 6.90. The molecule has 0 saturated carbocycles. The van der Waals surface area contributed by atoms with Crippen LogP contribution >= 0.6 is 0 Å². The van der Waals surface area contributed by atoms with Gasteiger partial charge in [-0.15, -0.1) is 0 Å². The third-order valence-corrected chi connectivity index (χ3v) is 6.53. The lowest BCUT2D eigenvalue weighted by Crippen LogP contribution is -2.29. The van der Waals surface area contributed by atoms with Gasteiger partial charge in [0.25, 0.3) is 0 Å². The first-order valence-electron chi connectivity index (χ1n) is 12.1. The van der Waals surface area contributed by atoms with Crippen LogP contribution in [0.25, 0.3) is 0 Å². The highest BCUT2D eigenvalue weighted by Gasteiger charge is 2.48. The van der Waals surface area contributed by atoms with E-state index >= 15 is 0 Å². The average Bonchev–Trinajstić information content (AvgIpc) is 3.25. The highest BCUT2D eigenvalue weighted by atomic mass is 16.6.